The number of hydrogen-bond acceptors (Lipinski definition) is 3. The minimum absolute atomic E-state index is 0.0612. The molecule has 1 fully saturated rings. The summed E-state index contributed by atoms with van der Waals surface area (Å²) in [5.41, 5.74) is 5.86. The SMILES string of the molecule is CC1CCC(C(C)C)C(OC(=O)[C@H](N)C(C)C)C1. The highest BCUT2D eigenvalue weighted by molar-refractivity contribution is 5.76. The van der Waals surface area contributed by atoms with Gasteiger partial charge in [-0.05, 0) is 36.5 Å². The van der Waals surface area contributed by atoms with Crippen molar-refractivity contribution in [3.8, 4) is 0 Å². The highest BCUT2D eigenvalue weighted by Gasteiger charge is 2.34. The Balaban J connectivity index is 2.63. The lowest BCUT2D eigenvalue weighted by Crippen LogP contribution is -2.43. The fourth-order valence-electron chi connectivity index (χ4n) is 2.75. The molecule has 2 N–H and O–H groups in total. The van der Waals surface area contributed by atoms with Gasteiger partial charge in [0, 0.05) is 0 Å². The number of carbonyl (C=O) groups excluding carboxylic acids is 1. The molecule has 0 radical (unpaired) electrons. The summed E-state index contributed by atoms with van der Waals surface area (Å²) in [4.78, 5) is 12.0. The van der Waals surface area contributed by atoms with Crippen LogP contribution in [0, 0.1) is 23.7 Å². The Morgan fingerprint density at radius 3 is 2.33 bits per heavy atom. The first-order valence-electron chi connectivity index (χ1n) is 7.29. The van der Waals surface area contributed by atoms with E-state index in [2.05, 4.69) is 20.8 Å². The van der Waals surface area contributed by atoms with Crippen LogP contribution in [0.1, 0.15) is 53.9 Å². The van der Waals surface area contributed by atoms with Gasteiger partial charge in [-0.1, -0.05) is 41.0 Å². The number of nitrogens with two attached hydrogens (primary N) is 1. The zero-order valence-corrected chi connectivity index (χ0v) is 12.5. The van der Waals surface area contributed by atoms with Crippen molar-refractivity contribution in [2.24, 2.45) is 29.4 Å². The zero-order valence-electron chi connectivity index (χ0n) is 12.5. The van der Waals surface area contributed by atoms with E-state index in [9.17, 15) is 4.79 Å². The minimum Gasteiger partial charge on any atom is -0.461 e. The van der Waals surface area contributed by atoms with Crippen molar-refractivity contribution < 1.29 is 9.53 Å². The van der Waals surface area contributed by atoms with Gasteiger partial charge in [0.25, 0.3) is 0 Å². The molecule has 1 aliphatic rings. The van der Waals surface area contributed by atoms with E-state index in [1.807, 2.05) is 13.8 Å². The lowest BCUT2D eigenvalue weighted by atomic mass is 9.75. The summed E-state index contributed by atoms with van der Waals surface area (Å²) in [7, 11) is 0. The summed E-state index contributed by atoms with van der Waals surface area (Å²) < 4.78 is 5.69. The van der Waals surface area contributed by atoms with E-state index >= 15 is 0 Å². The Hall–Kier alpha value is -0.570. The van der Waals surface area contributed by atoms with E-state index in [1.54, 1.807) is 0 Å². The first kappa shape index (κ1) is 15.5. The number of ether oxygens (including phenoxy) is 1. The van der Waals surface area contributed by atoms with Crippen LogP contribution in [0.4, 0.5) is 0 Å². The summed E-state index contributed by atoms with van der Waals surface area (Å²) in [6.07, 6.45) is 3.45. The maximum absolute atomic E-state index is 12.0. The van der Waals surface area contributed by atoms with Gasteiger partial charge in [-0.15, -0.1) is 0 Å². The lowest BCUT2D eigenvalue weighted by Gasteiger charge is -2.37. The van der Waals surface area contributed by atoms with Crippen LogP contribution in [0.15, 0.2) is 0 Å². The summed E-state index contributed by atoms with van der Waals surface area (Å²) in [5, 5.41) is 0. The first-order chi connectivity index (χ1) is 8.32. The van der Waals surface area contributed by atoms with Crippen LogP contribution in [-0.4, -0.2) is 18.1 Å². The predicted molar refractivity (Wildman–Crippen MR) is 74.0 cm³/mol. The lowest BCUT2D eigenvalue weighted by molar-refractivity contribution is -0.158. The van der Waals surface area contributed by atoms with Crippen molar-refractivity contribution in [2.45, 2.75) is 66.0 Å². The topological polar surface area (TPSA) is 52.3 Å². The number of esters is 1. The highest BCUT2D eigenvalue weighted by Crippen LogP contribution is 2.35. The van der Waals surface area contributed by atoms with Gasteiger partial charge in [-0.2, -0.15) is 0 Å². The second-order valence-electron chi connectivity index (χ2n) is 6.57. The molecule has 0 heterocycles. The van der Waals surface area contributed by atoms with Gasteiger partial charge in [0.15, 0.2) is 0 Å². The monoisotopic (exact) mass is 255 g/mol. The Morgan fingerprint density at radius 2 is 1.83 bits per heavy atom. The third kappa shape index (κ3) is 3.98. The molecule has 4 atom stereocenters. The third-order valence-corrected chi connectivity index (χ3v) is 4.22. The maximum Gasteiger partial charge on any atom is 0.323 e. The molecule has 0 aromatic carbocycles. The van der Waals surface area contributed by atoms with Crippen molar-refractivity contribution in [3.63, 3.8) is 0 Å². The van der Waals surface area contributed by atoms with E-state index in [-0.39, 0.29) is 18.0 Å². The van der Waals surface area contributed by atoms with Gasteiger partial charge < -0.3 is 10.5 Å². The quantitative estimate of drug-likeness (QED) is 0.786. The average molecular weight is 255 g/mol. The fourth-order valence-corrected chi connectivity index (χ4v) is 2.75. The Morgan fingerprint density at radius 1 is 1.22 bits per heavy atom. The molecule has 0 saturated heterocycles. The minimum atomic E-state index is -0.491. The van der Waals surface area contributed by atoms with Gasteiger partial charge in [0.1, 0.15) is 12.1 Å². The molecule has 0 aromatic rings. The normalized spacial score (nSPS) is 30.6. The molecule has 3 unspecified atom stereocenters. The molecular weight excluding hydrogens is 226 g/mol. The van der Waals surface area contributed by atoms with Crippen molar-refractivity contribution in [2.75, 3.05) is 0 Å². The molecule has 106 valence electrons. The smallest absolute Gasteiger partial charge is 0.323 e. The van der Waals surface area contributed by atoms with Gasteiger partial charge in [-0.3, -0.25) is 4.79 Å². The zero-order chi connectivity index (χ0) is 13.9. The van der Waals surface area contributed by atoms with Crippen LogP contribution in [0.25, 0.3) is 0 Å². The molecule has 0 aliphatic heterocycles. The van der Waals surface area contributed by atoms with Gasteiger partial charge in [0.05, 0.1) is 0 Å². The van der Waals surface area contributed by atoms with Crippen molar-refractivity contribution in [3.05, 3.63) is 0 Å². The van der Waals surface area contributed by atoms with Crippen molar-refractivity contribution in [1.82, 2.24) is 0 Å². The van der Waals surface area contributed by atoms with Crippen LogP contribution in [-0.2, 0) is 9.53 Å². The highest BCUT2D eigenvalue weighted by atomic mass is 16.5. The molecule has 1 saturated carbocycles. The first-order valence-corrected chi connectivity index (χ1v) is 7.29. The molecule has 1 aliphatic carbocycles. The fraction of sp³-hybridized carbons (Fsp3) is 0.933. The van der Waals surface area contributed by atoms with Crippen LogP contribution in [0.2, 0.25) is 0 Å². The molecular formula is C15H29NO2. The molecule has 3 nitrogen and oxygen atoms in total. The Labute approximate surface area is 111 Å². The predicted octanol–water partition coefficient (Wildman–Crippen LogP) is 2.97. The summed E-state index contributed by atoms with van der Waals surface area (Å²) in [5.74, 6) is 1.61. The average Bonchev–Trinajstić information content (AvgIpc) is 2.27. The number of carbonyl (C=O) groups is 1. The van der Waals surface area contributed by atoms with E-state index in [4.69, 9.17) is 10.5 Å². The number of rotatable bonds is 4. The van der Waals surface area contributed by atoms with Crippen molar-refractivity contribution in [1.29, 1.82) is 0 Å². The van der Waals surface area contributed by atoms with Crippen molar-refractivity contribution >= 4 is 5.97 Å². The molecule has 3 heteroatoms. The molecule has 0 bridgehead atoms. The second kappa shape index (κ2) is 6.55. The molecule has 0 spiro atoms. The Kier molecular flexibility index (Phi) is 5.64. The van der Waals surface area contributed by atoms with Gasteiger partial charge in [-0.25, -0.2) is 0 Å². The van der Waals surface area contributed by atoms with E-state index in [0.717, 1.165) is 12.8 Å². The summed E-state index contributed by atoms with van der Waals surface area (Å²) in [6.45, 7) is 10.6. The van der Waals surface area contributed by atoms with Crippen LogP contribution in [0.5, 0.6) is 0 Å². The van der Waals surface area contributed by atoms with E-state index in [1.165, 1.54) is 6.42 Å². The van der Waals surface area contributed by atoms with Crippen LogP contribution < -0.4 is 5.73 Å². The summed E-state index contributed by atoms with van der Waals surface area (Å²) >= 11 is 0. The largest absolute Gasteiger partial charge is 0.461 e. The van der Waals surface area contributed by atoms with E-state index < -0.39 is 6.04 Å². The van der Waals surface area contributed by atoms with Gasteiger partial charge in [0.2, 0.25) is 0 Å². The molecule has 0 amide bonds. The van der Waals surface area contributed by atoms with E-state index in [0.29, 0.717) is 17.8 Å². The molecule has 18 heavy (non-hydrogen) atoms. The second-order valence-corrected chi connectivity index (χ2v) is 6.57. The Bertz CT molecular complexity index is 276. The summed E-state index contributed by atoms with van der Waals surface area (Å²) in [6, 6.07) is -0.491. The van der Waals surface area contributed by atoms with Crippen LogP contribution >= 0.6 is 0 Å². The third-order valence-electron chi connectivity index (χ3n) is 4.22. The molecule has 1 rings (SSSR count). The van der Waals surface area contributed by atoms with Crippen LogP contribution in [0.3, 0.4) is 0 Å². The molecule has 0 aromatic heterocycles. The number of hydrogen-bond donors (Lipinski definition) is 1. The van der Waals surface area contributed by atoms with Gasteiger partial charge >= 0.3 is 5.97 Å². The maximum atomic E-state index is 12.0. The standard InChI is InChI=1S/C15H29NO2/c1-9(2)12-7-6-11(5)8-13(12)18-15(17)14(16)10(3)4/h9-14H,6-8,16H2,1-5H3/t11?,12?,13?,14-/m1/s1.